The van der Waals surface area contributed by atoms with E-state index in [9.17, 15) is 4.79 Å². The van der Waals surface area contributed by atoms with Crippen molar-refractivity contribution in [1.29, 1.82) is 0 Å². The Balaban J connectivity index is 1.98. The predicted octanol–water partition coefficient (Wildman–Crippen LogP) is 4.60. The smallest absolute Gasteiger partial charge is 0.162 e. The second kappa shape index (κ2) is 9.68. The van der Waals surface area contributed by atoms with Gasteiger partial charge in [0.1, 0.15) is 5.75 Å². The molecule has 2 rings (SSSR count). The first-order chi connectivity index (χ1) is 11.7. The molecule has 2 aromatic carbocycles. The van der Waals surface area contributed by atoms with Crippen LogP contribution in [0, 0.1) is 0 Å². The number of methoxy groups -OCH3 is 1. The molecule has 0 spiro atoms. The SMILES string of the molecule is COc1ccc(/C=C/c2cccc(C(=O)CCCCCO)c2)cc1. The van der Waals surface area contributed by atoms with Crippen molar-refractivity contribution in [3.8, 4) is 5.75 Å². The summed E-state index contributed by atoms with van der Waals surface area (Å²) in [6.07, 6.45) is 7.03. The van der Waals surface area contributed by atoms with E-state index in [1.54, 1.807) is 7.11 Å². The summed E-state index contributed by atoms with van der Waals surface area (Å²) in [7, 11) is 1.65. The van der Waals surface area contributed by atoms with E-state index in [4.69, 9.17) is 9.84 Å². The number of unbranched alkanes of at least 4 members (excludes halogenated alkanes) is 2. The first-order valence-corrected chi connectivity index (χ1v) is 8.29. The predicted molar refractivity (Wildman–Crippen MR) is 98.2 cm³/mol. The Morgan fingerprint density at radius 3 is 2.46 bits per heavy atom. The lowest BCUT2D eigenvalue weighted by atomic mass is 10.0. The lowest BCUT2D eigenvalue weighted by Gasteiger charge is -2.03. The van der Waals surface area contributed by atoms with E-state index in [1.165, 1.54) is 0 Å². The number of hydrogen-bond donors (Lipinski definition) is 1. The summed E-state index contributed by atoms with van der Waals surface area (Å²) in [6, 6.07) is 15.5. The van der Waals surface area contributed by atoms with E-state index in [-0.39, 0.29) is 12.4 Å². The van der Waals surface area contributed by atoms with Crippen LogP contribution in [-0.2, 0) is 0 Å². The molecule has 0 atom stereocenters. The van der Waals surface area contributed by atoms with E-state index in [0.29, 0.717) is 6.42 Å². The van der Waals surface area contributed by atoms with Gasteiger partial charge >= 0.3 is 0 Å². The van der Waals surface area contributed by atoms with Crippen LogP contribution < -0.4 is 4.74 Å². The van der Waals surface area contributed by atoms with Crippen molar-refractivity contribution in [2.24, 2.45) is 0 Å². The number of Topliss-reactive ketones (excluding diaryl/α,β-unsaturated/α-hetero) is 1. The fraction of sp³-hybridized carbons (Fsp3) is 0.286. The fourth-order valence-corrected chi connectivity index (χ4v) is 2.44. The molecular formula is C21H24O3. The van der Waals surface area contributed by atoms with Crippen LogP contribution >= 0.6 is 0 Å². The van der Waals surface area contributed by atoms with Gasteiger partial charge in [0.15, 0.2) is 5.78 Å². The molecule has 0 fully saturated rings. The highest BCUT2D eigenvalue weighted by Gasteiger charge is 2.05. The average Bonchev–Trinajstić information content (AvgIpc) is 2.64. The molecule has 0 saturated heterocycles. The lowest BCUT2D eigenvalue weighted by Crippen LogP contribution is -1.99. The van der Waals surface area contributed by atoms with Crippen molar-refractivity contribution in [2.45, 2.75) is 25.7 Å². The van der Waals surface area contributed by atoms with Crippen molar-refractivity contribution >= 4 is 17.9 Å². The Labute approximate surface area is 143 Å². The van der Waals surface area contributed by atoms with Crippen LogP contribution in [0.1, 0.15) is 47.2 Å². The van der Waals surface area contributed by atoms with Crippen LogP contribution in [0.15, 0.2) is 48.5 Å². The fourth-order valence-electron chi connectivity index (χ4n) is 2.44. The van der Waals surface area contributed by atoms with Gasteiger partial charge in [0.25, 0.3) is 0 Å². The molecule has 0 unspecified atom stereocenters. The van der Waals surface area contributed by atoms with Crippen molar-refractivity contribution in [3.05, 3.63) is 65.2 Å². The van der Waals surface area contributed by atoms with Gasteiger partial charge in [-0.15, -0.1) is 0 Å². The molecule has 126 valence electrons. The molecule has 1 N–H and O–H groups in total. The van der Waals surface area contributed by atoms with Gasteiger partial charge in [0.2, 0.25) is 0 Å². The zero-order chi connectivity index (χ0) is 17.2. The normalized spacial score (nSPS) is 10.9. The third-order valence-corrected chi connectivity index (χ3v) is 3.85. The van der Waals surface area contributed by atoms with E-state index < -0.39 is 0 Å². The molecule has 0 saturated carbocycles. The van der Waals surface area contributed by atoms with Crippen LogP contribution in [0.4, 0.5) is 0 Å². The standard InChI is InChI=1S/C21H24O3/c1-24-20-13-11-17(12-14-20)9-10-18-6-5-7-19(16-18)21(23)8-3-2-4-15-22/h5-7,9-14,16,22H,2-4,8,15H2,1H3/b10-9+. The van der Waals surface area contributed by atoms with E-state index >= 15 is 0 Å². The highest BCUT2D eigenvalue weighted by molar-refractivity contribution is 5.96. The number of hydrogen-bond acceptors (Lipinski definition) is 3. The second-order valence-electron chi connectivity index (χ2n) is 5.69. The Hall–Kier alpha value is -2.39. The van der Waals surface area contributed by atoms with Gasteiger partial charge in [-0.3, -0.25) is 4.79 Å². The van der Waals surface area contributed by atoms with Crippen molar-refractivity contribution < 1.29 is 14.6 Å². The minimum absolute atomic E-state index is 0.160. The van der Waals surface area contributed by atoms with Gasteiger partial charge in [0, 0.05) is 18.6 Å². The first-order valence-electron chi connectivity index (χ1n) is 8.29. The Morgan fingerprint density at radius 2 is 1.75 bits per heavy atom. The van der Waals surface area contributed by atoms with Gasteiger partial charge in [-0.05, 0) is 42.2 Å². The van der Waals surface area contributed by atoms with Gasteiger partial charge in [-0.25, -0.2) is 0 Å². The topological polar surface area (TPSA) is 46.5 Å². The molecule has 0 aliphatic carbocycles. The summed E-state index contributed by atoms with van der Waals surface area (Å²) in [5.74, 6) is 0.994. The van der Waals surface area contributed by atoms with Crippen LogP contribution in [-0.4, -0.2) is 24.6 Å². The Morgan fingerprint density at radius 1 is 1.00 bits per heavy atom. The van der Waals surface area contributed by atoms with E-state index in [0.717, 1.165) is 41.7 Å². The summed E-state index contributed by atoms with van der Waals surface area (Å²) in [5, 5.41) is 8.77. The Bertz CT molecular complexity index is 672. The monoisotopic (exact) mass is 324 g/mol. The number of rotatable bonds is 9. The highest BCUT2D eigenvalue weighted by Crippen LogP contribution is 2.16. The lowest BCUT2D eigenvalue weighted by molar-refractivity contribution is 0.0978. The second-order valence-corrected chi connectivity index (χ2v) is 5.69. The molecule has 0 heterocycles. The third kappa shape index (κ3) is 5.67. The maximum absolute atomic E-state index is 12.2. The van der Waals surface area contributed by atoms with Crippen LogP contribution in [0.3, 0.4) is 0 Å². The maximum Gasteiger partial charge on any atom is 0.162 e. The number of aliphatic hydroxyl groups is 1. The molecule has 0 aliphatic rings. The molecule has 2 aromatic rings. The summed E-state index contributed by atoms with van der Waals surface area (Å²) >= 11 is 0. The quantitative estimate of drug-likeness (QED) is 0.416. The van der Waals surface area contributed by atoms with Crippen LogP contribution in [0.5, 0.6) is 5.75 Å². The average molecular weight is 324 g/mol. The van der Waals surface area contributed by atoms with Gasteiger partial charge in [-0.1, -0.05) is 48.9 Å². The van der Waals surface area contributed by atoms with Gasteiger partial charge in [-0.2, -0.15) is 0 Å². The zero-order valence-electron chi connectivity index (χ0n) is 14.1. The summed E-state index contributed by atoms with van der Waals surface area (Å²) in [6.45, 7) is 0.194. The van der Waals surface area contributed by atoms with Gasteiger partial charge < -0.3 is 9.84 Å². The van der Waals surface area contributed by atoms with E-state index in [2.05, 4.69) is 0 Å². The molecule has 0 bridgehead atoms. The number of carbonyl (C=O) groups is 1. The van der Waals surface area contributed by atoms with Crippen molar-refractivity contribution in [3.63, 3.8) is 0 Å². The molecule has 0 amide bonds. The van der Waals surface area contributed by atoms with E-state index in [1.807, 2.05) is 60.7 Å². The highest BCUT2D eigenvalue weighted by atomic mass is 16.5. The minimum atomic E-state index is 0.160. The molecule has 0 aromatic heterocycles. The van der Waals surface area contributed by atoms with Crippen molar-refractivity contribution in [2.75, 3.05) is 13.7 Å². The molecule has 0 aliphatic heterocycles. The van der Waals surface area contributed by atoms with Gasteiger partial charge in [0.05, 0.1) is 7.11 Å². The molecule has 24 heavy (non-hydrogen) atoms. The molecule has 3 heteroatoms. The number of benzene rings is 2. The number of carbonyl (C=O) groups excluding carboxylic acids is 1. The Kier molecular flexibility index (Phi) is 7.24. The molecule has 3 nitrogen and oxygen atoms in total. The van der Waals surface area contributed by atoms with Crippen molar-refractivity contribution in [1.82, 2.24) is 0 Å². The first kappa shape index (κ1) is 18.0. The summed E-state index contributed by atoms with van der Waals surface area (Å²) in [4.78, 5) is 12.2. The molecule has 0 radical (unpaired) electrons. The number of ether oxygens (including phenoxy) is 1. The number of aliphatic hydroxyl groups excluding tert-OH is 1. The molecular weight excluding hydrogens is 300 g/mol. The maximum atomic E-state index is 12.2. The summed E-state index contributed by atoms with van der Waals surface area (Å²) in [5.41, 5.74) is 2.83. The zero-order valence-corrected chi connectivity index (χ0v) is 14.1. The third-order valence-electron chi connectivity index (χ3n) is 3.85. The largest absolute Gasteiger partial charge is 0.497 e. The summed E-state index contributed by atoms with van der Waals surface area (Å²) < 4.78 is 5.15. The van der Waals surface area contributed by atoms with Crippen LogP contribution in [0.25, 0.3) is 12.2 Å². The van der Waals surface area contributed by atoms with Crippen LogP contribution in [0.2, 0.25) is 0 Å². The number of ketones is 1. The minimum Gasteiger partial charge on any atom is -0.497 e.